The van der Waals surface area contributed by atoms with E-state index in [-0.39, 0.29) is 36.2 Å². The second kappa shape index (κ2) is 10.6. The predicted molar refractivity (Wildman–Crippen MR) is 136 cm³/mol. The summed E-state index contributed by atoms with van der Waals surface area (Å²) < 4.78 is 10.6. The summed E-state index contributed by atoms with van der Waals surface area (Å²) in [5, 5.41) is 13.0. The molecule has 186 valence electrons. The van der Waals surface area contributed by atoms with Crippen molar-refractivity contribution in [2.24, 2.45) is 0 Å². The van der Waals surface area contributed by atoms with Crippen molar-refractivity contribution in [1.29, 1.82) is 0 Å². The fourth-order valence-corrected chi connectivity index (χ4v) is 4.02. The molecule has 1 aliphatic heterocycles. The highest BCUT2D eigenvalue weighted by Crippen LogP contribution is 2.38. The van der Waals surface area contributed by atoms with Gasteiger partial charge in [-0.3, -0.25) is 4.79 Å². The zero-order chi connectivity index (χ0) is 25.2. The SMILES string of the molecule is COC1Nc2ccc(C#Cc3ccccc3)c(Cc3cnc(N)nc3N)c2C(=O)C1(OC)C(=O)O.Cl. The molecule has 0 aliphatic carbocycles. The Bertz CT molecular complexity index is 1370. The quantitative estimate of drug-likeness (QED) is 0.296. The topological polar surface area (TPSA) is 163 Å². The highest BCUT2D eigenvalue weighted by atomic mass is 35.5. The van der Waals surface area contributed by atoms with Gasteiger partial charge in [0.1, 0.15) is 5.82 Å². The summed E-state index contributed by atoms with van der Waals surface area (Å²) in [5.74, 6) is 4.05. The number of benzene rings is 2. The van der Waals surface area contributed by atoms with Gasteiger partial charge >= 0.3 is 5.97 Å². The number of nitrogens with one attached hydrogen (secondary N) is 1. The van der Waals surface area contributed by atoms with Crippen LogP contribution in [0.25, 0.3) is 0 Å². The number of fused-ring (bicyclic) bond motifs is 1. The Balaban J connectivity index is 0.00000361. The van der Waals surface area contributed by atoms with Crippen molar-refractivity contribution in [3.05, 3.63) is 76.5 Å². The van der Waals surface area contributed by atoms with Crippen LogP contribution in [-0.2, 0) is 20.7 Å². The first-order valence-corrected chi connectivity index (χ1v) is 10.5. The van der Waals surface area contributed by atoms with Crippen LogP contribution in [0.3, 0.4) is 0 Å². The molecule has 1 aromatic heterocycles. The molecule has 6 N–H and O–H groups in total. The van der Waals surface area contributed by atoms with Gasteiger partial charge in [0, 0.05) is 54.8 Å². The van der Waals surface area contributed by atoms with Crippen LogP contribution in [0.5, 0.6) is 0 Å². The molecular weight excluding hydrogens is 486 g/mol. The minimum Gasteiger partial charge on any atom is -0.479 e. The van der Waals surface area contributed by atoms with Crippen LogP contribution < -0.4 is 16.8 Å². The zero-order valence-electron chi connectivity index (χ0n) is 19.4. The average molecular weight is 510 g/mol. The Labute approximate surface area is 213 Å². The lowest BCUT2D eigenvalue weighted by atomic mass is 9.81. The van der Waals surface area contributed by atoms with Gasteiger partial charge in [0.2, 0.25) is 11.7 Å². The largest absolute Gasteiger partial charge is 0.479 e. The molecule has 0 fully saturated rings. The van der Waals surface area contributed by atoms with E-state index in [1.807, 2.05) is 30.3 Å². The van der Waals surface area contributed by atoms with Gasteiger partial charge in [0.25, 0.3) is 5.60 Å². The summed E-state index contributed by atoms with van der Waals surface area (Å²) in [6, 6.07) is 12.7. The first-order valence-electron chi connectivity index (χ1n) is 10.5. The van der Waals surface area contributed by atoms with E-state index in [4.69, 9.17) is 20.9 Å². The second-order valence-corrected chi connectivity index (χ2v) is 7.78. The lowest BCUT2D eigenvalue weighted by Crippen LogP contribution is -2.63. The normalized spacial score (nSPS) is 18.2. The molecular formula is C25H24ClN5O5. The number of Topliss-reactive ketones (excluding diaryl/α,β-unsaturated/α-hetero) is 1. The third kappa shape index (κ3) is 4.55. The molecule has 3 aromatic rings. The van der Waals surface area contributed by atoms with Crippen LogP contribution in [0.15, 0.2) is 48.7 Å². The number of nitrogens with two attached hydrogens (primary N) is 2. The van der Waals surface area contributed by atoms with Gasteiger partial charge in [-0.25, -0.2) is 9.78 Å². The Morgan fingerprint density at radius 1 is 1.17 bits per heavy atom. The minimum absolute atomic E-state index is 0. The lowest BCUT2D eigenvalue weighted by molar-refractivity contribution is -0.168. The van der Waals surface area contributed by atoms with E-state index in [0.29, 0.717) is 22.4 Å². The van der Waals surface area contributed by atoms with E-state index >= 15 is 0 Å². The van der Waals surface area contributed by atoms with E-state index < -0.39 is 23.6 Å². The second-order valence-electron chi connectivity index (χ2n) is 7.78. The summed E-state index contributed by atoms with van der Waals surface area (Å²) >= 11 is 0. The van der Waals surface area contributed by atoms with Crippen molar-refractivity contribution in [3.63, 3.8) is 0 Å². The highest BCUT2D eigenvalue weighted by molar-refractivity contribution is 6.20. The Morgan fingerprint density at radius 2 is 1.89 bits per heavy atom. The standard InChI is InChI=1S/C25H23N5O5.ClH/c1-34-22-25(35-2,23(32)33)20(31)19-17(12-16-13-28-24(27)30-21(16)26)15(10-11-18(19)29-22)9-8-14-6-4-3-5-7-14;/h3-7,10-11,13,22,29H,12H2,1-2H3,(H,32,33)(H4,26,27,28,30);1H. The third-order valence-corrected chi connectivity index (χ3v) is 5.81. The van der Waals surface area contributed by atoms with Crippen LogP contribution in [0.4, 0.5) is 17.5 Å². The van der Waals surface area contributed by atoms with Crippen LogP contribution >= 0.6 is 12.4 Å². The van der Waals surface area contributed by atoms with E-state index in [9.17, 15) is 14.7 Å². The van der Waals surface area contributed by atoms with E-state index in [1.54, 1.807) is 12.1 Å². The van der Waals surface area contributed by atoms with Crippen molar-refractivity contribution in [2.75, 3.05) is 31.0 Å². The van der Waals surface area contributed by atoms with Crippen LogP contribution in [0.2, 0.25) is 0 Å². The number of rotatable bonds is 5. The van der Waals surface area contributed by atoms with Crippen molar-refractivity contribution in [2.45, 2.75) is 18.2 Å². The molecule has 2 unspecified atom stereocenters. The first kappa shape index (κ1) is 26.4. The molecule has 11 heteroatoms. The number of hydrogen-bond donors (Lipinski definition) is 4. The van der Waals surface area contributed by atoms with Crippen LogP contribution in [0, 0.1) is 11.8 Å². The Hall–Kier alpha value is -4.17. The van der Waals surface area contributed by atoms with E-state index in [0.717, 1.165) is 12.7 Å². The van der Waals surface area contributed by atoms with Crippen LogP contribution in [0.1, 0.15) is 32.6 Å². The summed E-state index contributed by atoms with van der Waals surface area (Å²) in [6.45, 7) is 0. The molecule has 0 saturated carbocycles. The van der Waals surface area contributed by atoms with Gasteiger partial charge in [0.15, 0.2) is 6.23 Å². The Kier molecular flexibility index (Phi) is 7.80. The van der Waals surface area contributed by atoms with Crippen LogP contribution in [-0.4, -0.2) is 52.9 Å². The maximum Gasteiger partial charge on any atom is 0.349 e. The number of anilines is 3. The number of ketones is 1. The molecule has 2 heterocycles. The number of ether oxygens (including phenoxy) is 2. The van der Waals surface area contributed by atoms with Gasteiger partial charge in [-0.2, -0.15) is 4.98 Å². The first-order chi connectivity index (χ1) is 16.8. The fourth-order valence-electron chi connectivity index (χ4n) is 4.02. The maximum absolute atomic E-state index is 13.8. The van der Waals surface area contributed by atoms with E-state index in [2.05, 4.69) is 27.1 Å². The monoisotopic (exact) mass is 509 g/mol. The molecule has 2 aromatic carbocycles. The number of carbonyl (C=O) groups is 2. The summed E-state index contributed by atoms with van der Waals surface area (Å²) in [5.41, 5.74) is 12.1. The van der Waals surface area contributed by atoms with Crippen molar-refractivity contribution >= 4 is 41.6 Å². The van der Waals surface area contributed by atoms with Crippen molar-refractivity contribution in [1.82, 2.24) is 9.97 Å². The molecule has 0 radical (unpaired) electrons. The zero-order valence-corrected chi connectivity index (χ0v) is 20.3. The molecule has 0 bridgehead atoms. The molecule has 2 atom stereocenters. The molecule has 36 heavy (non-hydrogen) atoms. The summed E-state index contributed by atoms with van der Waals surface area (Å²) in [6.07, 6.45) is 0.299. The average Bonchev–Trinajstić information content (AvgIpc) is 2.85. The number of nitrogens with zero attached hydrogens (tertiary/aromatic N) is 2. The molecule has 0 saturated heterocycles. The third-order valence-electron chi connectivity index (χ3n) is 5.81. The molecule has 1 aliphatic rings. The van der Waals surface area contributed by atoms with Gasteiger partial charge in [-0.1, -0.05) is 30.0 Å². The van der Waals surface area contributed by atoms with E-state index in [1.165, 1.54) is 13.3 Å². The van der Waals surface area contributed by atoms with Crippen molar-refractivity contribution < 1.29 is 24.2 Å². The highest BCUT2D eigenvalue weighted by Gasteiger charge is 2.58. The minimum atomic E-state index is -2.31. The summed E-state index contributed by atoms with van der Waals surface area (Å²) in [4.78, 5) is 34.1. The molecule has 10 nitrogen and oxygen atoms in total. The maximum atomic E-state index is 13.8. The predicted octanol–water partition coefficient (Wildman–Crippen LogP) is 2.10. The van der Waals surface area contributed by atoms with Gasteiger partial charge < -0.3 is 31.4 Å². The number of carboxylic acid groups (broad SMARTS) is 1. The number of hydrogen-bond acceptors (Lipinski definition) is 9. The number of nitrogen functional groups attached to an aromatic ring is 2. The summed E-state index contributed by atoms with van der Waals surface area (Å²) in [7, 11) is 2.44. The van der Waals surface area contributed by atoms with Gasteiger partial charge in [-0.15, -0.1) is 12.4 Å². The number of carboxylic acids is 1. The molecule has 0 amide bonds. The van der Waals surface area contributed by atoms with Gasteiger partial charge in [-0.05, 0) is 29.8 Å². The molecule has 4 rings (SSSR count). The van der Waals surface area contributed by atoms with Gasteiger partial charge in [0.05, 0.1) is 0 Å². The Morgan fingerprint density at radius 3 is 2.50 bits per heavy atom. The fraction of sp³-hybridized carbons (Fsp3) is 0.200. The molecule has 0 spiro atoms. The van der Waals surface area contributed by atoms with Crippen molar-refractivity contribution in [3.8, 4) is 11.8 Å². The number of aromatic nitrogens is 2. The number of aliphatic carboxylic acids is 1. The number of methoxy groups -OCH3 is 2. The number of halogens is 1. The smallest absolute Gasteiger partial charge is 0.349 e. The number of carbonyl (C=O) groups excluding carboxylic acids is 1. The lowest BCUT2D eigenvalue weighted by Gasteiger charge is -2.39.